The quantitative estimate of drug-likeness (QED) is 0.820. The predicted octanol–water partition coefficient (Wildman–Crippen LogP) is 3.50. The normalized spacial score (nSPS) is 17.6. The van der Waals surface area contributed by atoms with Crippen LogP contribution in [0, 0.1) is 0 Å². The highest BCUT2D eigenvalue weighted by molar-refractivity contribution is 5.81. The Morgan fingerprint density at radius 2 is 1.92 bits per heavy atom. The average molecular weight is 345 g/mol. The SMILES string of the molecule is CCOC1CCN(C(=O)[C@@H](C)Oc2ccccc2C(F)(F)F)CC1. The second-order valence-electron chi connectivity index (χ2n) is 5.73. The van der Waals surface area contributed by atoms with E-state index >= 15 is 0 Å². The van der Waals surface area contributed by atoms with Gasteiger partial charge >= 0.3 is 6.18 Å². The molecule has 0 unspecified atom stereocenters. The van der Waals surface area contributed by atoms with Gasteiger partial charge < -0.3 is 14.4 Å². The molecule has 0 N–H and O–H groups in total. The summed E-state index contributed by atoms with van der Waals surface area (Å²) in [5.41, 5.74) is -0.875. The van der Waals surface area contributed by atoms with Gasteiger partial charge in [-0.1, -0.05) is 12.1 Å². The van der Waals surface area contributed by atoms with E-state index in [9.17, 15) is 18.0 Å². The fourth-order valence-corrected chi connectivity index (χ4v) is 2.78. The molecule has 0 aromatic heterocycles. The number of carbonyl (C=O) groups excluding carboxylic acids is 1. The summed E-state index contributed by atoms with van der Waals surface area (Å²) in [5.74, 6) is -0.628. The maximum absolute atomic E-state index is 13.0. The summed E-state index contributed by atoms with van der Waals surface area (Å²) in [6, 6.07) is 4.92. The predicted molar refractivity (Wildman–Crippen MR) is 82.8 cm³/mol. The minimum Gasteiger partial charge on any atom is -0.480 e. The van der Waals surface area contributed by atoms with Crippen molar-refractivity contribution in [2.24, 2.45) is 0 Å². The first kappa shape index (κ1) is 18.6. The molecule has 2 rings (SSSR count). The molecule has 0 saturated carbocycles. The molecular formula is C17H22F3NO3. The monoisotopic (exact) mass is 345 g/mol. The van der Waals surface area contributed by atoms with E-state index in [1.807, 2.05) is 6.92 Å². The van der Waals surface area contributed by atoms with Gasteiger partial charge in [0.2, 0.25) is 0 Å². The maximum Gasteiger partial charge on any atom is 0.419 e. The van der Waals surface area contributed by atoms with Crippen molar-refractivity contribution in [2.75, 3.05) is 19.7 Å². The van der Waals surface area contributed by atoms with E-state index in [2.05, 4.69) is 0 Å². The lowest BCUT2D eigenvalue weighted by Crippen LogP contribution is -2.46. The number of para-hydroxylation sites is 1. The molecule has 1 aromatic rings. The van der Waals surface area contributed by atoms with Crippen LogP contribution in [0.1, 0.15) is 32.3 Å². The molecule has 1 amide bonds. The molecule has 4 nitrogen and oxygen atoms in total. The third-order valence-electron chi connectivity index (χ3n) is 4.00. The van der Waals surface area contributed by atoms with Gasteiger partial charge in [0.25, 0.3) is 5.91 Å². The summed E-state index contributed by atoms with van der Waals surface area (Å²) < 4.78 is 49.8. The highest BCUT2D eigenvalue weighted by atomic mass is 19.4. The number of benzene rings is 1. The summed E-state index contributed by atoms with van der Waals surface area (Å²) in [6.45, 7) is 5.08. The van der Waals surface area contributed by atoms with Crippen molar-refractivity contribution in [3.8, 4) is 5.75 Å². The second-order valence-corrected chi connectivity index (χ2v) is 5.73. The number of rotatable bonds is 5. The van der Waals surface area contributed by atoms with Crippen molar-refractivity contribution in [1.82, 2.24) is 4.90 Å². The molecule has 0 spiro atoms. The molecule has 134 valence electrons. The first-order chi connectivity index (χ1) is 11.3. The number of hydrogen-bond acceptors (Lipinski definition) is 3. The van der Waals surface area contributed by atoms with Crippen molar-refractivity contribution in [1.29, 1.82) is 0 Å². The minimum atomic E-state index is -4.52. The van der Waals surface area contributed by atoms with E-state index in [0.29, 0.717) is 19.7 Å². The highest BCUT2D eigenvalue weighted by Gasteiger charge is 2.35. The lowest BCUT2D eigenvalue weighted by molar-refractivity contribution is -0.144. The van der Waals surface area contributed by atoms with Gasteiger partial charge in [-0.05, 0) is 38.8 Å². The van der Waals surface area contributed by atoms with Gasteiger partial charge in [0.15, 0.2) is 6.10 Å². The van der Waals surface area contributed by atoms with Gasteiger partial charge in [0.1, 0.15) is 5.75 Å². The molecule has 0 aliphatic carbocycles. The van der Waals surface area contributed by atoms with Crippen LogP contribution in [0.2, 0.25) is 0 Å². The number of ether oxygens (including phenoxy) is 2. The Morgan fingerprint density at radius 1 is 1.29 bits per heavy atom. The van der Waals surface area contributed by atoms with Gasteiger partial charge in [-0.3, -0.25) is 4.79 Å². The molecule has 1 heterocycles. The smallest absolute Gasteiger partial charge is 0.419 e. The van der Waals surface area contributed by atoms with E-state index in [-0.39, 0.29) is 17.8 Å². The lowest BCUT2D eigenvalue weighted by atomic mass is 10.1. The first-order valence-electron chi connectivity index (χ1n) is 8.06. The van der Waals surface area contributed by atoms with Crippen LogP contribution in [-0.2, 0) is 15.7 Å². The van der Waals surface area contributed by atoms with E-state index in [1.165, 1.54) is 25.1 Å². The van der Waals surface area contributed by atoms with Crippen molar-refractivity contribution in [3.05, 3.63) is 29.8 Å². The van der Waals surface area contributed by atoms with Crippen LogP contribution in [-0.4, -0.2) is 42.7 Å². The molecule has 1 aliphatic heterocycles. The van der Waals surface area contributed by atoms with Crippen LogP contribution >= 0.6 is 0 Å². The standard InChI is InChI=1S/C17H22F3NO3/c1-3-23-13-8-10-21(11-9-13)16(22)12(2)24-15-7-5-4-6-14(15)17(18,19)20/h4-7,12-13H,3,8-11H2,1-2H3/t12-/m1/s1. The van der Waals surface area contributed by atoms with E-state index in [4.69, 9.17) is 9.47 Å². The Morgan fingerprint density at radius 3 is 2.50 bits per heavy atom. The molecule has 0 bridgehead atoms. The Hall–Kier alpha value is -1.76. The van der Waals surface area contributed by atoms with Gasteiger partial charge in [-0.2, -0.15) is 13.2 Å². The lowest BCUT2D eigenvalue weighted by Gasteiger charge is -2.33. The minimum absolute atomic E-state index is 0.140. The fourth-order valence-electron chi connectivity index (χ4n) is 2.78. The molecule has 1 saturated heterocycles. The molecule has 1 atom stereocenters. The van der Waals surface area contributed by atoms with Crippen molar-refractivity contribution in [2.45, 2.75) is 45.1 Å². The summed E-state index contributed by atoms with van der Waals surface area (Å²) in [7, 11) is 0. The zero-order valence-corrected chi connectivity index (χ0v) is 13.8. The van der Waals surface area contributed by atoms with Crippen LogP contribution in [0.3, 0.4) is 0 Å². The molecule has 1 fully saturated rings. The summed E-state index contributed by atoms with van der Waals surface area (Å²) in [4.78, 5) is 14.0. The molecular weight excluding hydrogens is 323 g/mol. The molecule has 1 aliphatic rings. The molecule has 1 aromatic carbocycles. The first-order valence-corrected chi connectivity index (χ1v) is 8.06. The molecule has 0 radical (unpaired) electrons. The van der Waals surface area contributed by atoms with Crippen LogP contribution < -0.4 is 4.74 Å². The summed E-state index contributed by atoms with van der Waals surface area (Å²) in [6.07, 6.45) is -3.90. The van der Waals surface area contributed by atoms with E-state index in [1.54, 1.807) is 4.90 Å². The number of amides is 1. The van der Waals surface area contributed by atoms with Crippen LogP contribution in [0.5, 0.6) is 5.75 Å². The van der Waals surface area contributed by atoms with Gasteiger partial charge in [-0.25, -0.2) is 0 Å². The highest BCUT2D eigenvalue weighted by Crippen LogP contribution is 2.36. The average Bonchev–Trinajstić information content (AvgIpc) is 2.54. The number of carbonyl (C=O) groups is 1. The number of hydrogen-bond donors (Lipinski definition) is 0. The maximum atomic E-state index is 13.0. The largest absolute Gasteiger partial charge is 0.480 e. The molecule has 24 heavy (non-hydrogen) atoms. The van der Waals surface area contributed by atoms with Crippen LogP contribution in [0.15, 0.2) is 24.3 Å². The number of halogens is 3. The Bertz CT molecular complexity index is 554. The number of nitrogens with zero attached hydrogens (tertiary/aromatic N) is 1. The number of piperidine rings is 1. The third kappa shape index (κ3) is 4.63. The second kappa shape index (κ2) is 7.88. The zero-order valence-electron chi connectivity index (χ0n) is 13.8. The molecule has 7 heteroatoms. The van der Waals surface area contributed by atoms with Crippen molar-refractivity contribution >= 4 is 5.91 Å². The van der Waals surface area contributed by atoms with Gasteiger partial charge in [0.05, 0.1) is 11.7 Å². The van der Waals surface area contributed by atoms with E-state index in [0.717, 1.165) is 18.9 Å². The number of alkyl halides is 3. The van der Waals surface area contributed by atoms with Gasteiger partial charge in [-0.15, -0.1) is 0 Å². The van der Waals surface area contributed by atoms with Crippen molar-refractivity contribution < 1.29 is 27.4 Å². The fraction of sp³-hybridized carbons (Fsp3) is 0.588. The number of likely N-dealkylation sites (tertiary alicyclic amines) is 1. The van der Waals surface area contributed by atoms with Crippen molar-refractivity contribution in [3.63, 3.8) is 0 Å². The van der Waals surface area contributed by atoms with Crippen LogP contribution in [0.4, 0.5) is 13.2 Å². The Kier molecular flexibility index (Phi) is 6.10. The Balaban J connectivity index is 1.98. The topological polar surface area (TPSA) is 38.8 Å². The summed E-state index contributed by atoms with van der Waals surface area (Å²) >= 11 is 0. The van der Waals surface area contributed by atoms with Gasteiger partial charge in [0, 0.05) is 19.7 Å². The Labute approximate surface area is 139 Å². The summed E-state index contributed by atoms with van der Waals surface area (Å²) in [5, 5.41) is 0. The van der Waals surface area contributed by atoms with E-state index < -0.39 is 17.8 Å². The third-order valence-corrected chi connectivity index (χ3v) is 4.00. The zero-order chi connectivity index (χ0) is 17.7. The van der Waals surface area contributed by atoms with Crippen LogP contribution in [0.25, 0.3) is 0 Å².